The first-order valence-electron chi connectivity index (χ1n) is 20.1. The van der Waals surface area contributed by atoms with Crippen LogP contribution in [0.15, 0.2) is 187 Å². The topological polar surface area (TPSA) is 19.0 Å². The van der Waals surface area contributed by atoms with Crippen molar-refractivity contribution < 1.29 is 0 Å². The minimum atomic E-state index is -0.560. The molecular formula is C54H42BN2. The smallest absolute Gasteiger partial charge is 0.187 e. The van der Waals surface area contributed by atoms with Crippen LogP contribution in [0.3, 0.4) is 0 Å². The Morgan fingerprint density at radius 2 is 1.30 bits per heavy atom. The molecule has 57 heavy (non-hydrogen) atoms. The third-order valence-corrected chi connectivity index (χ3v) is 12.9. The standard InChI is InChI=1S/C54H42BN2/c1-5-6-25-43-48-33-55-51-47(57(48)46-28-16-15-27-42(46)54(43,35-18-9-7-10-19-35)36-20-11-8-12-21-36)32-44-49(38-22-13-14-26-41(38)53(44,3)4)50(51)39-24-17-23-37-40-31-34(2)29-30-45(40)56-52(37)39/h5-33,56H,1-4H3/b6-5-,43-25+. The van der Waals surface area contributed by atoms with Crippen molar-refractivity contribution >= 4 is 45.9 Å². The van der Waals surface area contributed by atoms with E-state index in [1.807, 2.05) is 0 Å². The predicted molar refractivity (Wildman–Crippen MR) is 241 cm³/mol. The second-order valence-electron chi connectivity index (χ2n) is 16.3. The quantitative estimate of drug-likeness (QED) is 0.179. The average molecular weight is 730 g/mol. The Kier molecular flexibility index (Phi) is 7.38. The van der Waals surface area contributed by atoms with E-state index in [-0.39, 0.29) is 5.41 Å². The Hall–Kier alpha value is -6.58. The Morgan fingerprint density at radius 1 is 0.614 bits per heavy atom. The molecule has 0 unspecified atom stereocenters. The van der Waals surface area contributed by atoms with E-state index in [9.17, 15) is 0 Å². The summed E-state index contributed by atoms with van der Waals surface area (Å²) in [5.41, 5.74) is 20.6. The van der Waals surface area contributed by atoms with Gasteiger partial charge in [0.1, 0.15) is 0 Å². The van der Waals surface area contributed by atoms with Crippen molar-refractivity contribution in [3.8, 4) is 22.3 Å². The number of hydrogen-bond acceptors (Lipinski definition) is 1. The maximum Gasteiger partial charge on any atom is 0.187 e. The molecule has 0 spiro atoms. The Labute approximate surface area is 335 Å². The number of H-pyrrole nitrogens is 1. The number of aromatic amines is 1. The van der Waals surface area contributed by atoms with Crippen LogP contribution >= 0.6 is 0 Å². The van der Waals surface area contributed by atoms with E-state index in [0.29, 0.717) is 0 Å². The monoisotopic (exact) mass is 729 g/mol. The van der Waals surface area contributed by atoms with Gasteiger partial charge in [-0.3, -0.25) is 0 Å². The molecule has 1 aliphatic carbocycles. The van der Waals surface area contributed by atoms with Crippen LogP contribution in [0.25, 0.3) is 44.1 Å². The fourth-order valence-electron chi connectivity index (χ4n) is 10.5. The number of hydrogen-bond donors (Lipinski definition) is 1. The molecule has 0 amide bonds. The number of fused-ring (bicyclic) bond motifs is 11. The molecule has 8 aromatic rings. The highest BCUT2D eigenvalue weighted by Crippen LogP contribution is 2.60. The molecule has 11 rings (SSSR count). The van der Waals surface area contributed by atoms with Gasteiger partial charge in [-0.15, -0.1) is 0 Å². The largest absolute Gasteiger partial charge is 0.354 e. The normalized spacial score (nSPS) is 16.5. The summed E-state index contributed by atoms with van der Waals surface area (Å²) in [4.78, 5) is 6.48. The third-order valence-electron chi connectivity index (χ3n) is 12.9. The van der Waals surface area contributed by atoms with Crippen molar-refractivity contribution in [1.82, 2.24) is 4.98 Å². The summed E-state index contributed by atoms with van der Waals surface area (Å²) >= 11 is 0. The zero-order valence-corrected chi connectivity index (χ0v) is 32.8. The first-order valence-corrected chi connectivity index (χ1v) is 20.1. The lowest BCUT2D eigenvalue weighted by Gasteiger charge is -2.50. The minimum Gasteiger partial charge on any atom is -0.354 e. The van der Waals surface area contributed by atoms with E-state index in [2.05, 4.69) is 221 Å². The van der Waals surface area contributed by atoms with Gasteiger partial charge in [-0.25, -0.2) is 0 Å². The van der Waals surface area contributed by atoms with Crippen LogP contribution in [0.2, 0.25) is 0 Å². The zero-order chi connectivity index (χ0) is 38.5. The maximum absolute atomic E-state index is 3.90. The molecule has 2 nitrogen and oxygen atoms in total. The molecule has 3 aliphatic rings. The number of nitrogens with zero attached hydrogens (tertiary/aromatic N) is 1. The first-order chi connectivity index (χ1) is 27.9. The maximum atomic E-state index is 3.90. The second-order valence-corrected chi connectivity index (χ2v) is 16.3. The molecule has 7 aromatic carbocycles. The lowest BCUT2D eigenvalue weighted by atomic mass is 9.56. The number of para-hydroxylation sites is 2. The van der Waals surface area contributed by atoms with Crippen molar-refractivity contribution in [2.45, 2.75) is 38.5 Å². The number of allylic oxidation sites excluding steroid dienone is 4. The average Bonchev–Trinajstić information content (AvgIpc) is 3.73. The molecule has 0 saturated carbocycles. The van der Waals surface area contributed by atoms with Crippen molar-refractivity contribution in [2.24, 2.45) is 0 Å². The van der Waals surface area contributed by atoms with Crippen molar-refractivity contribution in [2.75, 3.05) is 4.90 Å². The van der Waals surface area contributed by atoms with Gasteiger partial charge in [0.2, 0.25) is 0 Å². The lowest BCUT2D eigenvalue weighted by molar-refractivity contribution is 0.660. The molecule has 3 heterocycles. The highest BCUT2D eigenvalue weighted by molar-refractivity contribution is 6.64. The van der Waals surface area contributed by atoms with E-state index in [1.165, 1.54) is 106 Å². The van der Waals surface area contributed by atoms with Crippen molar-refractivity contribution in [1.29, 1.82) is 0 Å². The predicted octanol–water partition coefficient (Wildman–Crippen LogP) is 12.8. The summed E-state index contributed by atoms with van der Waals surface area (Å²) in [6.07, 6.45) is 6.71. The fraction of sp³-hybridized carbons (Fsp3) is 0.111. The number of aromatic nitrogens is 1. The van der Waals surface area contributed by atoms with Crippen LogP contribution in [-0.4, -0.2) is 12.3 Å². The van der Waals surface area contributed by atoms with E-state index in [0.717, 1.165) is 0 Å². The van der Waals surface area contributed by atoms with Gasteiger partial charge in [-0.1, -0.05) is 176 Å². The lowest BCUT2D eigenvalue weighted by Crippen LogP contribution is -2.45. The minimum absolute atomic E-state index is 0.209. The Morgan fingerprint density at radius 3 is 2.05 bits per heavy atom. The molecule has 271 valence electrons. The van der Waals surface area contributed by atoms with Gasteiger partial charge in [0.15, 0.2) is 7.28 Å². The number of rotatable bonds is 4. The van der Waals surface area contributed by atoms with Gasteiger partial charge >= 0.3 is 0 Å². The van der Waals surface area contributed by atoms with Gasteiger partial charge in [0, 0.05) is 38.7 Å². The highest BCUT2D eigenvalue weighted by Gasteiger charge is 2.50. The SMILES string of the molecule is C/C=C\C=C1/C2=C[B]c3c(cc4c(c3-c3cccc5c3[nH]c3ccc(C)cc35)-c3ccccc3C4(C)C)N2c2ccccc2C1(c1ccccc1)c1ccccc1. The molecule has 1 radical (unpaired) electrons. The van der Waals surface area contributed by atoms with Gasteiger partial charge in [-0.2, -0.15) is 0 Å². The molecule has 0 bridgehead atoms. The summed E-state index contributed by atoms with van der Waals surface area (Å²) in [7, 11) is 2.41. The van der Waals surface area contributed by atoms with Crippen LogP contribution < -0.4 is 10.4 Å². The molecule has 0 atom stereocenters. The number of benzene rings is 7. The molecule has 0 saturated heterocycles. The van der Waals surface area contributed by atoms with Crippen LogP contribution in [0, 0.1) is 6.92 Å². The molecule has 2 aliphatic heterocycles. The van der Waals surface area contributed by atoms with Gasteiger partial charge in [0.05, 0.1) is 16.6 Å². The summed E-state index contributed by atoms with van der Waals surface area (Å²) in [5.74, 6) is 2.39. The number of nitrogens with one attached hydrogen (secondary N) is 1. The van der Waals surface area contributed by atoms with Crippen molar-refractivity contribution in [3.05, 3.63) is 221 Å². The zero-order valence-electron chi connectivity index (χ0n) is 32.8. The van der Waals surface area contributed by atoms with Gasteiger partial charge < -0.3 is 9.88 Å². The molecule has 1 N–H and O–H groups in total. The van der Waals surface area contributed by atoms with Gasteiger partial charge in [-0.05, 0) is 88.2 Å². The van der Waals surface area contributed by atoms with E-state index in [1.54, 1.807) is 0 Å². The summed E-state index contributed by atoms with van der Waals surface area (Å²) in [5, 5.41) is 2.52. The van der Waals surface area contributed by atoms with Crippen LogP contribution in [-0.2, 0) is 10.8 Å². The summed E-state index contributed by atoms with van der Waals surface area (Å²) < 4.78 is 0. The molecule has 3 heteroatoms. The molecule has 0 fully saturated rings. The van der Waals surface area contributed by atoms with E-state index >= 15 is 0 Å². The molecule has 1 aromatic heterocycles. The number of aryl methyl sites for hydroxylation is 1. The van der Waals surface area contributed by atoms with Crippen molar-refractivity contribution in [3.63, 3.8) is 0 Å². The summed E-state index contributed by atoms with van der Waals surface area (Å²) in [6.45, 7) is 9.10. The van der Waals surface area contributed by atoms with Crippen LogP contribution in [0.4, 0.5) is 11.4 Å². The Bertz CT molecular complexity index is 2990. The van der Waals surface area contributed by atoms with Crippen LogP contribution in [0.1, 0.15) is 54.2 Å². The highest BCUT2D eigenvalue weighted by atomic mass is 15.2. The fourth-order valence-corrected chi connectivity index (χ4v) is 10.5. The van der Waals surface area contributed by atoms with E-state index in [4.69, 9.17) is 0 Å². The first kappa shape index (κ1) is 33.7. The van der Waals surface area contributed by atoms with Crippen LogP contribution in [0.5, 0.6) is 0 Å². The third kappa shape index (κ3) is 4.60. The summed E-state index contributed by atoms with van der Waals surface area (Å²) in [6, 6.07) is 56.5. The Balaban J connectivity index is 1.27. The number of anilines is 2. The van der Waals surface area contributed by atoms with E-state index < -0.39 is 5.41 Å². The second kappa shape index (κ2) is 12.5. The van der Waals surface area contributed by atoms with Gasteiger partial charge in [0.25, 0.3) is 0 Å². The molecular weight excluding hydrogens is 687 g/mol.